The summed E-state index contributed by atoms with van der Waals surface area (Å²) in [6, 6.07) is 0. The van der Waals surface area contributed by atoms with Crippen LogP contribution in [-0.2, 0) is 4.74 Å². The Kier molecular flexibility index (Phi) is 2.02. The standard InChI is InChI=1S/C9H15NO3/c1-9(10(11)12)8(13-9)7-5-3-2-4-6-7/h7-8H,2-6H2,1H3. The van der Waals surface area contributed by atoms with Crippen molar-refractivity contribution in [2.24, 2.45) is 5.92 Å². The first-order valence-corrected chi connectivity index (χ1v) is 4.97. The van der Waals surface area contributed by atoms with Crippen molar-refractivity contribution in [1.82, 2.24) is 0 Å². The second kappa shape index (κ2) is 2.94. The Morgan fingerprint density at radius 3 is 2.46 bits per heavy atom. The molecule has 0 aromatic carbocycles. The quantitative estimate of drug-likeness (QED) is 0.375. The molecular weight excluding hydrogens is 170 g/mol. The van der Waals surface area contributed by atoms with Crippen molar-refractivity contribution in [3.8, 4) is 0 Å². The van der Waals surface area contributed by atoms with Crippen LogP contribution in [0.3, 0.4) is 0 Å². The predicted octanol–water partition coefficient (Wildman–Crippen LogP) is 1.96. The largest absolute Gasteiger partial charge is 0.349 e. The van der Waals surface area contributed by atoms with E-state index >= 15 is 0 Å². The van der Waals surface area contributed by atoms with Crippen LogP contribution in [0.15, 0.2) is 0 Å². The van der Waals surface area contributed by atoms with E-state index in [1.54, 1.807) is 6.92 Å². The fraction of sp³-hybridized carbons (Fsp3) is 1.00. The number of ether oxygens (including phenoxy) is 1. The monoisotopic (exact) mass is 185 g/mol. The summed E-state index contributed by atoms with van der Waals surface area (Å²) in [6.45, 7) is 1.59. The molecule has 0 aromatic rings. The lowest BCUT2D eigenvalue weighted by Crippen LogP contribution is -2.27. The van der Waals surface area contributed by atoms with Gasteiger partial charge in [-0.1, -0.05) is 19.3 Å². The van der Waals surface area contributed by atoms with Crippen molar-refractivity contribution in [2.75, 3.05) is 0 Å². The molecule has 0 spiro atoms. The molecule has 2 fully saturated rings. The van der Waals surface area contributed by atoms with Gasteiger partial charge in [0.05, 0.1) is 4.92 Å². The molecule has 0 radical (unpaired) electrons. The first kappa shape index (κ1) is 8.94. The van der Waals surface area contributed by atoms with Crippen LogP contribution in [0, 0.1) is 16.0 Å². The molecule has 2 rings (SSSR count). The molecule has 0 N–H and O–H groups in total. The number of hydrogen-bond acceptors (Lipinski definition) is 3. The zero-order valence-corrected chi connectivity index (χ0v) is 7.86. The molecule has 4 heteroatoms. The van der Waals surface area contributed by atoms with E-state index in [1.807, 2.05) is 0 Å². The van der Waals surface area contributed by atoms with Gasteiger partial charge in [0, 0.05) is 6.92 Å². The first-order valence-electron chi connectivity index (χ1n) is 4.97. The van der Waals surface area contributed by atoms with Crippen molar-refractivity contribution >= 4 is 0 Å². The normalized spacial score (nSPS) is 40.2. The van der Waals surface area contributed by atoms with Crippen molar-refractivity contribution in [3.63, 3.8) is 0 Å². The molecular formula is C9H15NO3. The summed E-state index contributed by atoms with van der Waals surface area (Å²) in [5.74, 6) is 0.434. The van der Waals surface area contributed by atoms with Crippen molar-refractivity contribution in [3.05, 3.63) is 10.1 Å². The van der Waals surface area contributed by atoms with Gasteiger partial charge in [-0.25, -0.2) is 0 Å². The third kappa shape index (κ3) is 1.43. The maximum absolute atomic E-state index is 10.6. The molecule has 0 amide bonds. The van der Waals surface area contributed by atoms with Crippen LogP contribution in [0.25, 0.3) is 0 Å². The fourth-order valence-corrected chi connectivity index (χ4v) is 2.34. The summed E-state index contributed by atoms with van der Waals surface area (Å²) in [5, 5.41) is 10.6. The van der Waals surface area contributed by atoms with Gasteiger partial charge in [-0.3, -0.25) is 14.9 Å². The molecule has 1 saturated carbocycles. The highest BCUT2D eigenvalue weighted by Gasteiger charge is 2.67. The summed E-state index contributed by atoms with van der Waals surface area (Å²) >= 11 is 0. The average molecular weight is 185 g/mol. The van der Waals surface area contributed by atoms with E-state index in [4.69, 9.17) is 4.74 Å². The topological polar surface area (TPSA) is 55.7 Å². The van der Waals surface area contributed by atoms with Gasteiger partial charge in [0.25, 0.3) is 0 Å². The van der Waals surface area contributed by atoms with Crippen LogP contribution in [-0.4, -0.2) is 16.8 Å². The summed E-state index contributed by atoms with van der Waals surface area (Å²) in [6.07, 6.45) is 5.79. The zero-order valence-electron chi connectivity index (χ0n) is 7.86. The third-order valence-corrected chi connectivity index (χ3v) is 3.28. The van der Waals surface area contributed by atoms with Gasteiger partial charge in [0.2, 0.25) is 0 Å². The predicted molar refractivity (Wildman–Crippen MR) is 46.8 cm³/mol. The van der Waals surface area contributed by atoms with Crippen LogP contribution in [0.5, 0.6) is 0 Å². The molecule has 74 valence electrons. The highest BCUT2D eigenvalue weighted by molar-refractivity contribution is 4.95. The van der Waals surface area contributed by atoms with E-state index in [9.17, 15) is 10.1 Å². The zero-order chi connectivity index (χ0) is 9.47. The highest BCUT2D eigenvalue weighted by Crippen LogP contribution is 2.46. The van der Waals surface area contributed by atoms with E-state index in [0.29, 0.717) is 5.92 Å². The summed E-state index contributed by atoms with van der Waals surface area (Å²) in [4.78, 5) is 10.3. The first-order chi connectivity index (χ1) is 6.14. The molecule has 2 atom stereocenters. The Bertz CT molecular complexity index is 225. The number of nitro groups is 1. The lowest BCUT2D eigenvalue weighted by molar-refractivity contribution is -0.558. The van der Waals surface area contributed by atoms with Gasteiger partial charge in [-0.05, 0) is 18.8 Å². The summed E-state index contributed by atoms with van der Waals surface area (Å²) in [5.41, 5.74) is -1.05. The lowest BCUT2D eigenvalue weighted by atomic mass is 9.85. The van der Waals surface area contributed by atoms with E-state index in [2.05, 4.69) is 0 Å². The minimum Gasteiger partial charge on any atom is -0.299 e. The highest BCUT2D eigenvalue weighted by atomic mass is 16.7. The van der Waals surface area contributed by atoms with Gasteiger partial charge in [0.1, 0.15) is 0 Å². The molecule has 2 unspecified atom stereocenters. The molecule has 4 nitrogen and oxygen atoms in total. The van der Waals surface area contributed by atoms with Gasteiger partial charge >= 0.3 is 5.72 Å². The van der Waals surface area contributed by atoms with Crippen molar-refractivity contribution in [1.29, 1.82) is 0 Å². The SMILES string of the molecule is CC1([N+](=O)[O-])OC1C1CCCCC1. The number of nitrogens with zero attached hydrogens (tertiary/aromatic N) is 1. The van der Waals surface area contributed by atoms with Crippen LogP contribution in [0.1, 0.15) is 39.0 Å². The summed E-state index contributed by atoms with van der Waals surface area (Å²) in [7, 11) is 0. The Morgan fingerprint density at radius 1 is 1.38 bits per heavy atom. The van der Waals surface area contributed by atoms with Gasteiger partial charge < -0.3 is 0 Å². The lowest BCUT2D eigenvalue weighted by Gasteiger charge is -2.18. The number of rotatable bonds is 2. The van der Waals surface area contributed by atoms with E-state index in [0.717, 1.165) is 12.8 Å². The Balaban J connectivity index is 1.94. The van der Waals surface area contributed by atoms with E-state index in [-0.39, 0.29) is 11.0 Å². The Labute approximate surface area is 77.4 Å². The second-order valence-corrected chi connectivity index (χ2v) is 4.25. The Hall–Kier alpha value is -0.640. The van der Waals surface area contributed by atoms with Crippen molar-refractivity contribution < 1.29 is 9.66 Å². The van der Waals surface area contributed by atoms with Gasteiger partial charge in [-0.2, -0.15) is 0 Å². The molecule has 2 aliphatic rings. The number of epoxide rings is 1. The molecule has 0 bridgehead atoms. The molecule has 1 heterocycles. The van der Waals surface area contributed by atoms with Gasteiger partial charge in [0.15, 0.2) is 6.10 Å². The Morgan fingerprint density at radius 2 is 2.00 bits per heavy atom. The van der Waals surface area contributed by atoms with E-state index in [1.165, 1.54) is 19.3 Å². The minimum absolute atomic E-state index is 0.109. The van der Waals surface area contributed by atoms with Crippen molar-refractivity contribution in [2.45, 2.75) is 50.9 Å². The molecule has 1 aliphatic carbocycles. The number of hydrogen-bond donors (Lipinski definition) is 0. The second-order valence-electron chi connectivity index (χ2n) is 4.25. The molecule has 1 saturated heterocycles. The average Bonchev–Trinajstić information content (AvgIpc) is 2.81. The van der Waals surface area contributed by atoms with Crippen LogP contribution in [0.4, 0.5) is 0 Å². The fourth-order valence-electron chi connectivity index (χ4n) is 2.34. The van der Waals surface area contributed by atoms with Crippen LogP contribution in [0.2, 0.25) is 0 Å². The van der Waals surface area contributed by atoms with Gasteiger partial charge in [-0.15, -0.1) is 0 Å². The van der Waals surface area contributed by atoms with Crippen LogP contribution >= 0.6 is 0 Å². The molecule has 13 heavy (non-hydrogen) atoms. The smallest absolute Gasteiger partial charge is 0.299 e. The minimum atomic E-state index is -1.05. The third-order valence-electron chi connectivity index (χ3n) is 3.28. The van der Waals surface area contributed by atoms with Crippen LogP contribution < -0.4 is 0 Å². The summed E-state index contributed by atoms with van der Waals surface area (Å²) < 4.78 is 5.21. The maximum atomic E-state index is 10.6. The molecule has 0 aromatic heterocycles. The molecule has 1 aliphatic heterocycles. The van der Waals surface area contributed by atoms with E-state index < -0.39 is 5.72 Å². The maximum Gasteiger partial charge on any atom is 0.349 e.